The van der Waals surface area contributed by atoms with Gasteiger partial charge in [0.1, 0.15) is 0 Å². The van der Waals surface area contributed by atoms with Gasteiger partial charge in [0.15, 0.2) is 0 Å². The van der Waals surface area contributed by atoms with Crippen LogP contribution in [0, 0.1) is 29.1 Å². The Morgan fingerprint density at radius 1 is 1.00 bits per heavy atom. The number of nitrogens with zero attached hydrogens (tertiary/aromatic N) is 1. The van der Waals surface area contributed by atoms with E-state index in [1.165, 1.54) is 38.5 Å². The van der Waals surface area contributed by atoms with Crippen molar-refractivity contribution in [2.45, 2.75) is 64.3 Å². The maximum Gasteiger partial charge on any atom is 0.253 e. The van der Waals surface area contributed by atoms with Gasteiger partial charge >= 0.3 is 0 Å². The van der Waals surface area contributed by atoms with Gasteiger partial charge in [-0.3, -0.25) is 9.59 Å². The zero-order valence-corrected chi connectivity index (χ0v) is 18.7. The average molecular weight is 429 g/mol. The second-order valence-corrected chi connectivity index (χ2v) is 11.0. The fourth-order valence-corrected chi connectivity index (χ4v) is 7.44. The molecule has 5 fully saturated rings. The lowest BCUT2D eigenvalue weighted by Crippen LogP contribution is -2.56. The standard InChI is InChI=1S/C25H33ClN2O2/c1-16(25-13-17-10-18(14-25)12-19(11-17)15-25)27-23(29)20-6-8-28(9-7-20)24(30)21-2-4-22(26)5-3-21/h2-5,16-20H,6-15H2,1H3,(H,27,29)/t16-,17?,18?,19?,25?/m0/s1. The maximum atomic E-state index is 13.1. The van der Waals surface area contributed by atoms with Gasteiger partial charge in [0.25, 0.3) is 5.91 Å². The molecule has 1 heterocycles. The molecule has 6 rings (SSSR count). The minimum absolute atomic E-state index is 0.0237. The number of carbonyl (C=O) groups excluding carboxylic acids is 2. The molecule has 1 atom stereocenters. The summed E-state index contributed by atoms with van der Waals surface area (Å²) < 4.78 is 0. The Kier molecular flexibility index (Phi) is 5.33. The van der Waals surface area contributed by atoms with E-state index in [0.29, 0.717) is 29.1 Å². The minimum Gasteiger partial charge on any atom is -0.353 e. The summed E-state index contributed by atoms with van der Waals surface area (Å²) in [5.74, 6) is 2.97. The second-order valence-electron chi connectivity index (χ2n) is 10.6. The lowest BCUT2D eigenvalue weighted by molar-refractivity contribution is -0.131. The Bertz CT molecular complexity index is 778. The fraction of sp³-hybridized carbons (Fsp3) is 0.680. The molecule has 1 aromatic rings. The molecule has 5 aliphatic rings. The van der Waals surface area contributed by atoms with Gasteiger partial charge < -0.3 is 10.2 Å². The van der Waals surface area contributed by atoms with E-state index < -0.39 is 0 Å². The third kappa shape index (κ3) is 3.77. The second kappa shape index (κ2) is 7.85. The highest BCUT2D eigenvalue weighted by Crippen LogP contribution is 2.61. The first-order valence-electron chi connectivity index (χ1n) is 11.8. The Morgan fingerprint density at radius 2 is 1.53 bits per heavy atom. The molecule has 162 valence electrons. The number of piperidine rings is 1. The van der Waals surface area contributed by atoms with E-state index in [9.17, 15) is 9.59 Å². The smallest absolute Gasteiger partial charge is 0.253 e. The molecule has 1 aromatic carbocycles. The van der Waals surface area contributed by atoms with E-state index in [1.54, 1.807) is 24.3 Å². The number of nitrogens with one attached hydrogen (secondary N) is 1. The highest BCUT2D eigenvalue weighted by atomic mass is 35.5. The van der Waals surface area contributed by atoms with Crippen LogP contribution in [-0.2, 0) is 4.79 Å². The molecule has 0 radical (unpaired) electrons. The molecule has 1 N–H and O–H groups in total. The summed E-state index contributed by atoms with van der Waals surface area (Å²) in [6.45, 7) is 3.54. The first-order chi connectivity index (χ1) is 14.4. The molecule has 1 aliphatic heterocycles. The predicted molar refractivity (Wildman–Crippen MR) is 118 cm³/mol. The van der Waals surface area contributed by atoms with E-state index in [2.05, 4.69) is 12.2 Å². The van der Waals surface area contributed by atoms with Crippen LogP contribution >= 0.6 is 11.6 Å². The minimum atomic E-state index is 0.0237. The molecule has 4 nitrogen and oxygen atoms in total. The third-order valence-electron chi connectivity index (χ3n) is 8.61. The van der Waals surface area contributed by atoms with Crippen LogP contribution in [0.5, 0.6) is 0 Å². The van der Waals surface area contributed by atoms with E-state index in [4.69, 9.17) is 11.6 Å². The Hall–Kier alpha value is -1.55. The van der Waals surface area contributed by atoms with Gasteiger partial charge in [0.05, 0.1) is 0 Å². The maximum absolute atomic E-state index is 13.1. The first-order valence-corrected chi connectivity index (χ1v) is 12.1. The highest BCUT2D eigenvalue weighted by molar-refractivity contribution is 6.30. The number of rotatable bonds is 4. The van der Waals surface area contributed by atoms with Crippen molar-refractivity contribution in [2.75, 3.05) is 13.1 Å². The van der Waals surface area contributed by atoms with Gasteiger partial charge in [-0.2, -0.15) is 0 Å². The number of hydrogen-bond donors (Lipinski definition) is 1. The molecule has 5 heteroatoms. The summed E-state index contributed by atoms with van der Waals surface area (Å²) in [7, 11) is 0. The number of carbonyl (C=O) groups is 2. The van der Waals surface area contributed by atoms with Crippen molar-refractivity contribution in [1.82, 2.24) is 10.2 Å². The van der Waals surface area contributed by atoms with Crippen LogP contribution in [0.25, 0.3) is 0 Å². The van der Waals surface area contributed by atoms with Gasteiger partial charge in [-0.25, -0.2) is 0 Å². The van der Waals surface area contributed by atoms with Crippen LogP contribution in [0.3, 0.4) is 0 Å². The molecule has 1 saturated heterocycles. The number of likely N-dealkylation sites (tertiary alicyclic amines) is 1. The lowest BCUT2D eigenvalue weighted by atomic mass is 9.48. The molecular formula is C25H33ClN2O2. The van der Waals surface area contributed by atoms with Gasteiger partial charge in [0, 0.05) is 35.6 Å². The zero-order chi connectivity index (χ0) is 20.9. The molecule has 4 aliphatic carbocycles. The highest BCUT2D eigenvalue weighted by Gasteiger charge is 2.53. The molecule has 0 spiro atoms. The molecule has 4 saturated carbocycles. The van der Waals surface area contributed by atoms with Crippen LogP contribution in [0.15, 0.2) is 24.3 Å². The van der Waals surface area contributed by atoms with Gasteiger partial charge in [-0.15, -0.1) is 0 Å². The summed E-state index contributed by atoms with van der Waals surface area (Å²) in [6.07, 6.45) is 9.73. The van der Waals surface area contributed by atoms with E-state index in [0.717, 1.165) is 30.6 Å². The number of halogens is 1. The Labute approximate surface area is 184 Å². The van der Waals surface area contributed by atoms with Crippen molar-refractivity contribution in [3.8, 4) is 0 Å². The van der Waals surface area contributed by atoms with Crippen LogP contribution < -0.4 is 5.32 Å². The summed E-state index contributed by atoms with van der Waals surface area (Å²) >= 11 is 5.93. The molecule has 4 bridgehead atoms. The number of benzene rings is 1. The molecule has 0 unspecified atom stereocenters. The molecule has 2 amide bonds. The lowest BCUT2D eigenvalue weighted by Gasteiger charge is -2.59. The number of amides is 2. The van der Waals surface area contributed by atoms with Gasteiger partial charge in [-0.1, -0.05) is 11.6 Å². The topological polar surface area (TPSA) is 49.4 Å². The van der Waals surface area contributed by atoms with Crippen molar-refractivity contribution < 1.29 is 9.59 Å². The van der Waals surface area contributed by atoms with Crippen LogP contribution in [-0.4, -0.2) is 35.8 Å². The zero-order valence-electron chi connectivity index (χ0n) is 17.9. The van der Waals surface area contributed by atoms with Gasteiger partial charge in [0.2, 0.25) is 5.91 Å². The summed E-state index contributed by atoms with van der Waals surface area (Å²) in [5.41, 5.74) is 1.01. The van der Waals surface area contributed by atoms with Crippen molar-refractivity contribution >= 4 is 23.4 Å². The van der Waals surface area contributed by atoms with Crippen LogP contribution in [0.4, 0.5) is 0 Å². The molecule has 0 aromatic heterocycles. The summed E-state index contributed by atoms with van der Waals surface area (Å²) in [6, 6.07) is 7.32. The normalized spacial score (nSPS) is 34.1. The molecular weight excluding hydrogens is 396 g/mol. The monoisotopic (exact) mass is 428 g/mol. The third-order valence-corrected chi connectivity index (χ3v) is 8.86. The first kappa shape index (κ1) is 20.4. The van der Waals surface area contributed by atoms with E-state index in [1.807, 2.05) is 4.90 Å². The predicted octanol–water partition coefficient (Wildman–Crippen LogP) is 4.91. The average Bonchev–Trinajstić information content (AvgIpc) is 2.73. The summed E-state index contributed by atoms with van der Waals surface area (Å²) in [5, 5.41) is 4.07. The van der Waals surface area contributed by atoms with Crippen LogP contribution in [0.2, 0.25) is 5.02 Å². The van der Waals surface area contributed by atoms with Crippen molar-refractivity contribution in [3.05, 3.63) is 34.9 Å². The van der Waals surface area contributed by atoms with Crippen molar-refractivity contribution in [1.29, 1.82) is 0 Å². The van der Waals surface area contributed by atoms with Gasteiger partial charge in [-0.05, 0) is 106 Å². The largest absolute Gasteiger partial charge is 0.353 e. The van der Waals surface area contributed by atoms with Crippen LogP contribution in [0.1, 0.15) is 68.6 Å². The SMILES string of the molecule is C[C@H](NC(=O)C1CCN(C(=O)c2ccc(Cl)cc2)CC1)C12CC3CC(CC(C3)C1)C2. The Balaban J connectivity index is 1.15. The summed E-state index contributed by atoms with van der Waals surface area (Å²) in [4.78, 5) is 27.6. The quantitative estimate of drug-likeness (QED) is 0.740. The number of hydrogen-bond acceptors (Lipinski definition) is 2. The Morgan fingerprint density at radius 3 is 2.07 bits per heavy atom. The van der Waals surface area contributed by atoms with E-state index >= 15 is 0 Å². The molecule has 30 heavy (non-hydrogen) atoms. The van der Waals surface area contributed by atoms with Crippen molar-refractivity contribution in [3.63, 3.8) is 0 Å². The fourth-order valence-electron chi connectivity index (χ4n) is 7.31. The van der Waals surface area contributed by atoms with Crippen molar-refractivity contribution in [2.24, 2.45) is 29.1 Å². The van der Waals surface area contributed by atoms with E-state index in [-0.39, 0.29) is 23.8 Å².